The number of nitrogens with zero attached hydrogens (tertiary/aromatic N) is 2. The van der Waals surface area contributed by atoms with E-state index in [1.165, 1.54) is 16.9 Å². The molecule has 1 aromatic heterocycles. The smallest absolute Gasteiger partial charge is 0.362 e. The number of hydrogen-bond acceptors (Lipinski definition) is 5. The van der Waals surface area contributed by atoms with Gasteiger partial charge in [-0.3, -0.25) is 4.79 Å². The standard InChI is InChI=1S/C15H16N2O4/c1-3-20-12-7-5-6-11(10-12)17-9-8-13(18)14(16-17)15(19)21-4-2/h5-10H,3-4H2,1-2H3. The normalized spacial score (nSPS) is 10.2. The molecule has 0 unspecified atom stereocenters. The van der Waals surface area contributed by atoms with Crippen molar-refractivity contribution in [1.29, 1.82) is 0 Å². The zero-order valence-corrected chi connectivity index (χ0v) is 11.9. The highest BCUT2D eigenvalue weighted by molar-refractivity contribution is 5.86. The summed E-state index contributed by atoms with van der Waals surface area (Å²) in [5, 5.41) is 4.04. The third-order valence-corrected chi connectivity index (χ3v) is 2.67. The summed E-state index contributed by atoms with van der Waals surface area (Å²) in [6, 6.07) is 8.49. The number of carbonyl (C=O) groups excluding carboxylic acids is 1. The van der Waals surface area contributed by atoms with Gasteiger partial charge in [0.2, 0.25) is 11.1 Å². The van der Waals surface area contributed by atoms with Gasteiger partial charge in [0, 0.05) is 18.3 Å². The number of benzene rings is 1. The van der Waals surface area contributed by atoms with Crippen molar-refractivity contribution < 1.29 is 14.3 Å². The molecule has 0 atom stereocenters. The molecule has 1 heterocycles. The van der Waals surface area contributed by atoms with E-state index in [0.717, 1.165) is 0 Å². The van der Waals surface area contributed by atoms with Crippen molar-refractivity contribution in [2.75, 3.05) is 13.2 Å². The number of rotatable bonds is 5. The summed E-state index contributed by atoms with van der Waals surface area (Å²) in [5.41, 5.74) is -0.0154. The van der Waals surface area contributed by atoms with Crippen LogP contribution >= 0.6 is 0 Å². The highest BCUT2D eigenvalue weighted by Gasteiger charge is 2.14. The molecule has 110 valence electrons. The topological polar surface area (TPSA) is 70.4 Å². The molecule has 6 nitrogen and oxygen atoms in total. The first-order chi connectivity index (χ1) is 10.2. The predicted octanol–water partition coefficient (Wildman–Crippen LogP) is 1.81. The maximum absolute atomic E-state index is 11.7. The van der Waals surface area contributed by atoms with Crippen LogP contribution in [0.4, 0.5) is 0 Å². The van der Waals surface area contributed by atoms with Crippen LogP contribution in [0.2, 0.25) is 0 Å². The predicted molar refractivity (Wildman–Crippen MR) is 77.0 cm³/mol. The van der Waals surface area contributed by atoms with E-state index in [2.05, 4.69) is 5.10 Å². The second-order valence-electron chi connectivity index (χ2n) is 4.12. The lowest BCUT2D eigenvalue weighted by atomic mass is 10.3. The molecule has 0 bridgehead atoms. The molecule has 2 rings (SSSR count). The Balaban J connectivity index is 2.41. The number of esters is 1. The Hall–Kier alpha value is -2.63. The fraction of sp³-hybridized carbons (Fsp3) is 0.267. The van der Waals surface area contributed by atoms with E-state index < -0.39 is 11.4 Å². The first kappa shape index (κ1) is 14.8. The molecule has 0 saturated heterocycles. The quantitative estimate of drug-likeness (QED) is 0.785. The van der Waals surface area contributed by atoms with Gasteiger partial charge in [-0.25, -0.2) is 9.48 Å². The Labute approximate surface area is 121 Å². The number of carbonyl (C=O) groups is 1. The summed E-state index contributed by atoms with van der Waals surface area (Å²) in [5.74, 6) is -0.0361. The Morgan fingerprint density at radius 1 is 1.24 bits per heavy atom. The molecule has 1 aromatic carbocycles. The van der Waals surface area contributed by atoms with Crippen LogP contribution in [0.15, 0.2) is 41.3 Å². The van der Waals surface area contributed by atoms with Crippen molar-refractivity contribution in [3.8, 4) is 11.4 Å². The van der Waals surface area contributed by atoms with Crippen LogP contribution in [-0.2, 0) is 4.74 Å². The lowest BCUT2D eigenvalue weighted by Crippen LogP contribution is -2.22. The third kappa shape index (κ3) is 3.47. The van der Waals surface area contributed by atoms with E-state index >= 15 is 0 Å². The first-order valence-corrected chi connectivity index (χ1v) is 6.66. The molecule has 21 heavy (non-hydrogen) atoms. The molecule has 0 aliphatic rings. The minimum atomic E-state index is -0.724. The van der Waals surface area contributed by atoms with Gasteiger partial charge in [-0.05, 0) is 26.0 Å². The lowest BCUT2D eigenvalue weighted by molar-refractivity contribution is 0.0515. The van der Waals surface area contributed by atoms with Crippen LogP contribution in [0.3, 0.4) is 0 Å². The van der Waals surface area contributed by atoms with Crippen LogP contribution in [0.25, 0.3) is 5.69 Å². The summed E-state index contributed by atoms with van der Waals surface area (Å²) in [6.07, 6.45) is 1.50. The molecule has 0 saturated carbocycles. The van der Waals surface area contributed by atoms with Gasteiger partial charge in [-0.2, -0.15) is 5.10 Å². The van der Waals surface area contributed by atoms with E-state index in [1.807, 2.05) is 19.1 Å². The highest BCUT2D eigenvalue weighted by atomic mass is 16.5. The second kappa shape index (κ2) is 6.69. The minimum Gasteiger partial charge on any atom is -0.494 e. The van der Waals surface area contributed by atoms with Crippen LogP contribution in [0, 0.1) is 0 Å². The van der Waals surface area contributed by atoms with Gasteiger partial charge in [0.15, 0.2) is 0 Å². The molecule has 6 heteroatoms. The SMILES string of the molecule is CCOC(=O)c1nn(-c2cccc(OCC)c2)ccc1=O. The summed E-state index contributed by atoms with van der Waals surface area (Å²) < 4.78 is 11.7. The molecule has 0 aliphatic carbocycles. The summed E-state index contributed by atoms with van der Waals surface area (Å²) in [7, 11) is 0. The van der Waals surface area contributed by atoms with E-state index in [0.29, 0.717) is 18.0 Å². The molecular weight excluding hydrogens is 272 g/mol. The number of ether oxygens (including phenoxy) is 2. The van der Waals surface area contributed by atoms with Gasteiger partial charge in [-0.1, -0.05) is 6.07 Å². The number of hydrogen-bond donors (Lipinski definition) is 0. The van der Waals surface area contributed by atoms with E-state index in [9.17, 15) is 9.59 Å². The van der Waals surface area contributed by atoms with Crippen LogP contribution in [0.5, 0.6) is 5.75 Å². The maximum atomic E-state index is 11.7. The average Bonchev–Trinajstić information content (AvgIpc) is 2.48. The molecule has 0 aliphatic heterocycles. The Kier molecular flexibility index (Phi) is 4.71. The maximum Gasteiger partial charge on any atom is 0.362 e. The molecule has 0 N–H and O–H groups in total. The lowest BCUT2D eigenvalue weighted by Gasteiger charge is -2.09. The van der Waals surface area contributed by atoms with E-state index in [1.54, 1.807) is 19.1 Å². The van der Waals surface area contributed by atoms with Gasteiger partial charge < -0.3 is 9.47 Å². The van der Waals surface area contributed by atoms with Gasteiger partial charge in [0.05, 0.1) is 18.9 Å². The fourth-order valence-electron chi connectivity index (χ4n) is 1.77. The third-order valence-electron chi connectivity index (χ3n) is 2.67. The van der Waals surface area contributed by atoms with Gasteiger partial charge in [0.25, 0.3) is 0 Å². The zero-order chi connectivity index (χ0) is 15.2. The second-order valence-corrected chi connectivity index (χ2v) is 4.12. The first-order valence-electron chi connectivity index (χ1n) is 6.66. The van der Waals surface area contributed by atoms with Crippen LogP contribution < -0.4 is 10.2 Å². The zero-order valence-electron chi connectivity index (χ0n) is 11.9. The average molecular weight is 288 g/mol. The molecule has 0 amide bonds. The highest BCUT2D eigenvalue weighted by Crippen LogP contribution is 2.15. The van der Waals surface area contributed by atoms with Crippen molar-refractivity contribution in [3.05, 3.63) is 52.4 Å². The van der Waals surface area contributed by atoms with Gasteiger partial charge in [-0.15, -0.1) is 0 Å². The van der Waals surface area contributed by atoms with Crippen LogP contribution in [0.1, 0.15) is 24.3 Å². The monoisotopic (exact) mass is 288 g/mol. The summed E-state index contributed by atoms with van der Waals surface area (Å²) in [6.45, 7) is 4.30. The van der Waals surface area contributed by atoms with E-state index in [-0.39, 0.29) is 12.3 Å². The van der Waals surface area contributed by atoms with Crippen molar-refractivity contribution in [2.45, 2.75) is 13.8 Å². The fourth-order valence-corrected chi connectivity index (χ4v) is 1.77. The Bertz CT molecular complexity index is 694. The van der Waals surface area contributed by atoms with Crippen molar-refractivity contribution in [2.24, 2.45) is 0 Å². The van der Waals surface area contributed by atoms with Crippen molar-refractivity contribution in [1.82, 2.24) is 9.78 Å². The van der Waals surface area contributed by atoms with Crippen molar-refractivity contribution in [3.63, 3.8) is 0 Å². The molecular formula is C15H16N2O4. The number of aromatic nitrogens is 2. The summed E-state index contributed by atoms with van der Waals surface area (Å²) >= 11 is 0. The largest absolute Gasteiger partial charge is 0.494 e. The van der Waals surface area contributed by atoms with Gasteiger partial charge in [0.1, 0.15) is 5.75 Å². The molecule has 2 aromatic rings. The minimum absolute atomic E-state index is 0.189. The summed E-state index contributed by atoms with van der Waals surface area (Å²) in [4.78, 5) is 23.4. The Morgan fingerprint density at radius 2 is 2.05 bits per heavy atom. The van der Waals surface area contributed by atoms with E-state index in [4.69, 9.17) is 9.47 Å². The van der Waals surface area contributed by atoms with Gasteiger partial charge >= 0.3 is 5.97 Å². The Morgan fingerprint density at radius 3 is 2.76 bits per heavy atom. The molecule has 0 radical (unpaired) electrons. The van der Waals surface area contributed by atoms with Crippen LogP contribution in [-0.4, -0.2) is 29.0 Å². The molecule has 0 fully saturated rings. The van der Waals surface area contributed by atoms with Crippen molar-refractivity contribution >= 4 is 5.97 Å². The molecule has 0 spiro atoms.